The molecule has 0 saturated carbocycles. The molecule has 4 nitrogen and oxygen atoms in total. The Bertz CT molecular complexity index is 660. The van der Waals surface area contributed by atoms with Crippen molar-refractivity contribution in [3.05, 3.63) is 50.7 Å². The van der Waals surface area contributed by atoms with Gasteiger partial charge in [-0.1, -0.05) is 11.6 Å². The van der Waals surface area contributed by atoms with Gasteiger partial charge in [-0.3, -0.25) is 4.79 Å². The third-order valence-electron chi connectivity index (χ3n) is 2.49. The van der Waals surface area contributed by atoms with Crippen LogP contribution in [0, 0.1) is 11.3 Å². The molecule has 1 amide bonds. The molecule has 0 aliphatic heterocycles. The lowest BCUT2D eigenvalue weighted by molar-refractivity contribution is 0.100. The summed E-state index contributed by atoms with van der Waals surface area (Å²) in [7, 11) is 0. The van der Waals surface area contributed by atoms with Crippen LogP contribution in [0.1, 0.15) is 20.8 Å². The maximum atomic E-state index is 11.1. The zero-order valence-corrected chi connectivity index (χ0v) is 11.4. The number of rotatable bonds is 4. The molecule has 0 fully saturated rings. The van der Waals surface area contributed by atoms with Crippen LogP contribution in [0.25, 0.3) is 0 Å². The second-order valence-electron chi connectivity index (χ2n) is 3.83. The number of primary amides is 1. The van der Waals surface area contributed by atoms with E-state index in [2.05, 4.69) is 11.4 Å². The molecule has 2 aromatic rings. The van der Waals surface area contributed by atoms with Gasteiger partial charge in [0.25, 0.3) is 0 Å². The van der Waals surface area contributed by atoms with Crippen LogP contribution in [0.4, 0.5) is 5.69 Å². The van der Waals surface area contributed by atoms with Crippen molar-refractivity contribution in [2.24, 2.45) is 5.73 Å². The minimum Gasteiger partial charge on any atom is -0.379 e. The molecule has 0 unspecified atom stereocenters. The van der Waals surface area contributed by atoms with Gasteiger partial charge < -0.3 is 11.1 Å². The van der Waals surface area contributed by atoms with Crippen molar-refractivity contribution >= 4 is 34.5 Å². The van der Waals surface area contributed by atoms with Gasteiger partial charge in [0.05, 0.1) is 16.3 Å². The molecule has 19 heavy (non-hydrogen) atoms. The van der Waals surface area contributed by atoms with Gasteiger partial charge in [0, 0.05) is 22.4 Å². The van der Waals surface area contributed by atoms with Gasteiger partial charge in [-0.2, -0.15) is 5.26 Å². The molecule has 1 heterocycles. The smallest absolute Gasteiger partial charge is 0.248 e. The first-order chi connectivity index (χ1) is 9.10. The van der Waals surface area contributed by atoms with E-state index in [1.54, 1.807) is 23.6 Å². The molecule has 0 aliphatic rings. The zero-order valence-electron chi connectivity index (χ0n) is 9.81. The number of nitrogens with one attached hydrogen (secondary N) is 1. The molecule has 3 N–H and O–H groups in total. The molecular formula is C13H10ClN3OS. The number of carbonyl (C=O) groups is 1. The van der Waals surface area contributed by atoms with Gasteiger partial charge >= 0.3 is 0 Å². The van der Waals surface area contributed by atoms with E-state index in [0.717, 1.165) is 4.88 Å². The summed E-state index contributed by atoms with van der Waals surface area (Å²) >= 11 is 7.53. The summed E-state index contributed by atoms with van der Waals surface area (Å²) in [6.07, 6.45) is 0. The maximum absolute atomic E-state index is 11.1. The molecule has 1 aromatic heterocycles. The van der Waals surface area contributed by atoms with Crippen LogP contribution in [-0.2, 0) is 6.54 Å². The first-order valence-electron chi connectivity index (χ1n) is 5.41. The molecule has 0 saturated heterocycles. The Balaban J connectivity index is 2.12. The normalized spacial score (nSPS) is 9.89. The van der Waals surface area contributed by atoms with Crippen molar-refractivity contribution in [1.82, 2.24) is 0 Å². The first-order valence-corrected chi connectivity index (χ1v) is 6.66. The van der Waals surface area contributed by atoms with E-state index in [-0.39, 0.29) is 0 Å². The lowest BCUT2D eigenvalue weighted by Gasteiger charge is -2.08. The highest BCUT2D eigenvalue weighted by molar-refractivity contribution is 7.10. The number of anilines is 1. The van der Waals surface area contributed by atoms with Crippen molar-refractivity contribution in [3.63, 3.8) is 0 Å². The average molecular weight is 292 g/mol. The number of halogens is 1. The van der Waals surface area contributed by atoms with Crippen LogP contribution < -0.4 is 11.1 Å². The van der Waals surface area contributed by atoms with Crippen LogP contribution in [0.3, 0.4) is 0 Å². The Kier molecular flexibility index (Phi) is 4.05. The summed E-state index contributed by atoms with van der Waals surface area (Å²) in [5.41, 5.74) is 6.90. The van der Waals surface area contributed by atoms with Crippen molar-refractivity contribution in [1.29, 1.82) is 5.26 Å². The topological polar surface area (TPSA) is 78.9 Å². The fraction of sp³-hybridized carbons (Fsp3) is 0.0769. The van der Waals surface area contributed by atoms with Gasteiger partial charge in [0.1, 0.15) is 6.07 Å². The molecule has 1 aromatic carbocycles. The molecule has 0 radical (unpaired) electrons. The molecule has 0 aliphatic carbocycles. The fourth-order valence-electron chi connectivity index (χ4n) is 1.53. The van der Waals surface area contributed by atoms with Crippen molar-refractivity contribution < 1.29 is 4.79 Å². The summed E-state index contributed by atoms with van der Waals surface area (Å²) in [6, 6.07) is 8.70. The van der Waals surface area contributed by atoms with E-state index >= 15 is 0 Å². The molecular weight excluding hydrogens is 282 g/mol. The Hall–Kier alpha value is -2.03. The van der Waals surface area contributed by atoms with Gasteiger partial charge in [0.2, 0.25) is 5.91 Å². The van der Waals surface area contributed by atoms with Crippen LogP contribution in [-0.4, -0.2) is 5.91 Å². The fourth-order valence-corrected chi connectivity index (χ4v) is 2.46. The highest BCUT2D eigenvalue weighted by Crippen LogP contribution is 2.24. The van der Waals surface area contributed by atoms with E-state index in [1.165, 1.54) is 11.3 Å². The molecule has 2 rings (SSSR count). The summed E-state index contributed by atoms with van der Waals surface area (Å²) in [5, 5.41) is 14.2. The van der Waals surface area contributed by atoms with E-state index in [1.807, 2.05) is 6.07 Å². The Labute approximate surface area is 119 Å². The van der Waals surface area contributed by atoms with Crippen LogP contribution in [0.15, 0.2) is 29.6 Å². The van der Waals surface area contributed by atoms with Crippen LogP contribution >= 0.6 is 22.9 Å². The molecule has 96 valence electrons. The SMILES string of the molecule is N#Cc1csc(CNc2cc(C(N)=O)ccc2Cl)c1. The van der Waals surface area contributed by atoms with Crippen molar-refractivity contribution in [3.8, 4) is 6.07 Å². The number of benzene rings is 1. The second-order valence-corrected chi connectivity index (χ2v) is 5.23. The van der Waals surface area contributed by atoms with Crippen LogP contribution in [0.5, 0.6) is 0 Å². The van der Waals surface area contributed by atoms with Crippen molar-refractivity contribution in [2.45, 2.75) is 6.54 Å². The van der Waals surface area contributed by atoms with Gasteiger partial charge in [-0.15, -0.1) is 11.3 Å². The summed E-state index contributed by atoms with van der Waals surface area (Å²) in [5.74, 6) is -0.498. The van der Waals surface area contributed by atoms with Gasteiger partial charge in [0.15, 0.2) is 0 Å². The molecule has 0 spiro atoms. The van der Waals surface area contributed by atoms with E-state index in [4.69, 9.17) is 22.6 Å². The third-order valence-corrected chi connectivity index (χ3v) is 3.75. The standard InChI is InChI=1S/C13H10ClN3OS/c14-11-2-1-9(13(16)18)4-12(11)17-6-10-3-8(5-15)7-19-10/h1-4,7,17H,6H2,(H2,16,18). The average Bonchev–Trinajstić information content (AvgIpc) is 2.85. The molecule has 0 atom stereocenters. The maximum Gasteiger partial charge on any atom is 0.248 e. The Morgan fingerprint density at radius 3 is 2.89 bits per heavy atom. The van der Waals surface area contributed by atoms with Crippen molar-refractivity contribution in [2.75, 3.05) is 5.32 Å². The highest BCUT2D eigenvalue weighted by atomic mass is 35.5. The minimum atomic E-state index is -0.498. The van der Waals surface area contributed by atoms with E-state index in [9.17, 15) is 4.79 Å². The summed E-state index contributed by atoms with van der Waals surface area (Å²) in [4.78, 5) is 12.1. The second kappa shape index (κ2) is 5.74. The Morgan fingerprint density at radius 1 is 1.47 bits per heavy atom. The molecule has 0 bridgehead atoms. The van der Waals surface area contributed by atoms with E-state index < -0.39 is 5.91 Å². The number of hydrogen-bond acceptors (Lipinski definition) is 4. The Morgan fingerprint density at radius 2 is 2.26 bits per heavy atom. The predicted octanol–water partition coefficient (Wildman–Crippen LogP) is 2.98. The lowest BCUT2D eigenvalue weighted by atomic mass is 10.2. The summed E-state index contributed by atoms with van der Waals surface area (Å²) < 4.78 is 0. The number of nitrogens with two attached hydrogens (primary N) is 1. The van der Waals surface area contributed by atoms with Gasteiger partial charge in [-0.25, -0.2) is 0 Å². The number of nitriles is 1. The van der Waals surface area contributed by atoms with Crippen LogP contribution in [0.2, 0.25) is 5.02 Å². The number of thiophene rings is 1. The van der Waals surface area contributed by atoms with Gasteiger partial charge in [-0.05, 0) is 24.3 Å². The monoisotopic (exact) mass is 291 g/mol. The zero-order chi connectivity index (χ0) is 13.8. The van der Waals surface area contributed by atoms with E-state index in [0.29, 0.717) is 28.4 Å². The quantitative estimate of drug-likeness (QED) is 0.909. The number of amides is 1. The summed E-state index contributed by atoms with van der Waals surface area (Å²) in [6.45, 7) is 0.536. The molecule has 6 heteroatoms. The minimum absolute atomic E-state index is 0.399. The number of nitrogens with zero attached hydrogens (tertiary/aromatic N) is 1. The number of carbonyl (C=O) groups excluding carboxylic acids is 1. The largest absolute Gasteiger partial charge is 0.379 e. The first kappa shape index (κ1) is 13.4. The highest BCUT2D eigenvalue weighted by Gasteiger charge is 2.06. The number of hydrogen-bond donors (Lipinski definition) is 2. The third kappa shape index (κ3) is 3.25. The predicted molar refractivity (Wildman–Crippen MR) is 76.3 cm³/mol. The lowest BCUT2D eigenvalue weighted by Crippen LogP contribution is -2.11.